The van der Waals surface area contributed by atoms with E-state index in [1.165, 1.54) is 22.7 Å². The van der Waals surface area contributed by atoms with Crippen molar-refractivity contribution < 1.29 is 12.8 Å². The molecule has 7 heteroatoms. The van der Waals surface area contributed by atoms with Gasteiger partial charge in [-0.05, 0) is 34.5 Å². The van der Waals surface area contributed by atoms with Gasteiger partial charge in [0.1, 0.15) is 4.21 Å². The highest BCUT2D eigenvalue weighted by atomic mass is 32.2. The van der Waals surface area contributed by atoms with E-state index < -0.39 is 10.0 Å². The van der Waals surface area contributed by atoms with Gasteiger partial charge in [0.25, 0.3) is 0 Å². The van der Waals surface area contributed by atoms with Gasteiger partial charge in [-0.15, -0.1) is 22.7 Å². The molecular weight excluding hydrogens is 314 g/mol. The van der Waals surface area contributed by atoms with Crippen molar-refractivity contribution in [2.45, 2.75) is 10.8 Å². The number of hydrogen-bond donors (Lipinski definition) is 1. The molecule has 3 aromatic rings. The minimum absolute atomic E-state index is 0.294. The van der Waals surface area contributed by atoms with E-state index in [1.807, 2.05) is 17.5 Å². The Balaban J connectivity index is 1.71. The highest BCUT2D eigenvalue weighted by Crippen LogP contribution is 2.26. The van der Waals surface area contributed by atoms with E-state index >= 15 is 0 Å². The van der Waals surface area contributed by atoms with Crippen LogP contribution in [0.5, 0.6) is 0 Å². The molecule has 0 fully saturated rings. The number of furan rings is 1. The van der Waals surface area contributed by atoms with Crippen LogP contribution in [0.3, 0.4) is 0 Å². The largest absolute Gasteiger partial charge is 0.472 e. The Labute approximate surface area is 124 Å². The Morgan fingerprint density at radius 3 is 2.80 bits per heavy atom. The lowest BCUT2D eigenvalue weighted by molar-refractivity contribution is 0.568. The van der Waals surface area contributed by atoms with Gasteiger partial charge in [-0.2, -0.15) is 0 Å². The van der Waals surface area contributed by atoms with E-state index in [-0.39, 0.29) is 0 Å². The minimum atomic E-state index is -3.40. The van der Waals surface area contributed by atoms with Crippen molar-refractivity contribution in [2.75, 3.05) is 0 Å². The molecule has 0 amide bonds. The van der Waals surface area contributed by atoms with Gasteiger partial charge in [-0.3, -0.25) is 0 Å². The van der Waals surface area contributed by atoms with E-state index in [9.17, 15) is 8.42 Å². The van der Waals surface area contributed by atoms with Crippen molar-refractivity contribution in [1.82, 2.24) is 4.72 Å². The van der Waals surface area contributed by atoms with Crippen LogP contribution >= 0.6 is 22.7 Å². The highest BCUT2D eigenvalue weighted by molar-refractivity contribution is 7.91. The summed E-state index contributed by atoms with van der Waals surface area (Å²) < 4.78 is 32.0. The molecule has 0 saturated carbocycles. The second-order valence-corrected chi connectivity index (χ2v) is 8.01. The first kappa shape index (κ1) is 13.6. The number of thiophene rings is 2. The average molecular weight is 325 g/mol. The smallest absolute Gasteiger partial charge is 0.250 e. The molecule has 0 aromatic carbocycles. The summed E-state index contributed by atoms with van der Waals surface area (Å²) in [5.41, 5.74) is 2.03. The first-order valence-electron chi connectivity index (χ1n) is 5.78. The molecule has 4 nitrogen and oxygen atoms in total. The summed E-state index contributed by atoms with van der Waals surface area (Å²) in [5.74, 6) is 0. The van der Waals surface area contributed by atoms with Gasteiger partial charge in [-0.25, -0.2) is 13.1 Å². The SMILES string of the molecule is O=S(=O)(NCc1cc(-c2ccoc2)cs1)c1cccs1. The standard InChI is InChI=1S/C13H11NO3S3/c15-20(16,13-2-1-5-18-13)14-7-12-6-11(9-19-12)10-3-4-17-8-10/h1-6,8-9,14H,7H2. The summed E-state index contributed by atoms with van der Waals surface area (Å²) in [6, 6.07) is 7.16. The van der Waals surface area contributed by atoms with Gasteiger partial charge in [-0.1, -0.05) is 6.07 Å². The summed E-state index contributed by atoms with van der Waals surface area (Å²) in [6.07, 6.45) is 3.29. The normalized spacial score (nSPS) is 11.8. The van der Waals surface area contributed by atoms with Gasteiger partial charge in [0, 0.05) is 17.0 Å². The molecule has 0 aliphatic carbocycles. The molecule has 20 heavy (non-hydrogen) atoms. The van der Waals surface area contributed by atoms with Crippen LogP contribution in [-0.4, -0.2) is 8.42 Å². The van der Waals surface area contributed by atoms with Crippen LogP contribution < -0.4 is 4.72 Å². The molecule has 0 saturated heterocycles. The van der Waals surface area contributed by atoms with Crippen LogP contribution in [0.15, 0.2) is 56.2 Å². The summed E-state index contributed by atoms with van der Waals surface area (Å²) in [7, 11) is -3.40. The van der Waals surface area contributed by atoms with Crippen LogP contribution in [0.4, 0.5) is 0 Å². The zero-order valence-electron chi connectivity index (χ0n) is 10.3. The monoisotopic (exact) mass is 325 g/mol. The van der Waals surface area contributed by atoms with Crippen molar-refractivity contribution in [3.05, 3.63) is 52.4 Å². The van der Waals surface area contributed by atoms with Gasteiger partial charge < -0.3 is 4.42 Å². The summed E-state index contributed by atoms with van der Waals surface area (Å²) in [5, 5.41) is 3.73. The number of sulfonamides is 1. The fraction of sp³-hybridized carbons (Fsp3) is 0.0769. The van der Waals surface area contributed by atoms with Gasteiger partial charge in [0.2, 0.25) is 10.0 Å². The molecular formula is C13H11NO3S3. The molecule has 1 N–H and O–H groups in total. The number of nitrogens with one attached hydrogen (secondary N) is 1. The lowest BCUT2D eigenvalue weighted by Crippen LogP contribution is -2.21. The molecule has 0 radical (unpaired) electrons. The first-order chi connectivity index (χ1) is 9.65. The maximum atomic E-state index is 12.0. The summed E-state index contributed by atoms with van der Waals surface area (Å²) in [4.78, 5) is 0.960. The maximum absolute atomic E-state index is 12.0. The Bertz CT molecular complexity index is 771. The Morgan fingerprint density at radius 1 is 1.20 bits per heavy atom. The zero-order chi connectivity index (χ0) is 14.0. The van der Waals surface area contributed by atoms with Gasteiger partial charge in [0.05, 0.1) is 12.5 Å². The van der Waals surface area contributed by atoms with Crippen molar-refractivity contribution in [3.8, 4) is 11.1 Å². The predicted octanol–water partition coefficient (Wildman–Crippen LogP) is 3.55. The van der Waals surface area contributed by atoms with Gasteiger partial charge in [0.15, 0.2) is 0 Å². The Hall–Kier alpha value is -1.41. The van der Waals surface area contributed by atoms with E-state index in [2.05, 4.69) is 4.72 Å². The predicted molar refractivity (Wildman–Crippen MR) is 80.4 cm³/mol. The van der Waals surface area contributed by atoms with Crippen molar-refractivity contribution in [3.63, 3.8) is 0 Å². The molecule has 3 aromatic heterocycles. The molecule has 0 spiro atoms. The third kappa shape index (κ3) is 2.85. The van der Waals surface area contributed by atoms with Crippen LogP contribution in [0.1, 0.15) is 4.88 Å². The molecule has 0 aliphatic heterocycles. The molecule has 3 rings (SSSR count). The Kier molecular flexibility index (Phi) is 3.75. The van der Waals surface area contributed by atoms with Crippen molar-refractivity contribution in [1.29, 1.82) is 0 Å². The first-order valence-corrected chi connectivity index (χ1v) is 9.02. The fourth-order valence-electron chi connectivity index (χ4n) is 1.71. The lowest BCUT2D eigenvalue weighted by atomic mass is 10.2. The van der Waals surface area contributed by atoms with E-state index in [0.29, 0.717) is 10.8 Å². The quantitative estimate of drug-likeness (QED) is 0.780. The molecule has 104 valence electrons. The third-order valence-corrected chi connectivity index (χ3v) is 6.44. The maximum Gasteiger partial charge on any atom is 0.250 e. The van der Waals surface area contributed by atoms with E-state index in [1.54, 1.807) is 30.0 Å². The van der Waals surface area contributed by atoms with E-state index in [0.717, 1.165) is 16.0 Å². The fourth-order valence-corrected chi connectivity index (χ4v) is 4.68. The average Bonchev–Trinajstić information content (AvgIpc) is 3.16. The molecule has 3 heterocycles. The second-order valence-electron chi connectivity index (χ2n) is 4.07. The van der Waals surface area contributed by atoms with Crippen LogP contribution in [0.25, 0.3) is 11.1 Å². The number of rotatable bonds is 5. The Morgan fingerprint density at radius 2 is 2.10 bits per heavy atom. The zero-order valence-corrected chi connectivity index (χ0v) is 12.7. The van der Waals surface area contributed by atoms with E-state index in [4.69, 9.17) is 4.42 Å². The van der Waals surface area contributed by atoms with Crippen LogP contribution in [-0.2, 0) is 16.6 Å². The highest BCUT2D eigenvalue weighted by Gasteiger charge is 2.15. The van der Waals surface area contributed by atoms with Crippen molar-refractivity contribution in [2.24, 2.45) is 0 Å². The van der Waals surface area contributed by atoms with Gasteiger partial charge >= 0.3 is 0 Å². The molecule has 0 atom stereocenters. The third-order valence-electron chi connectivity index (χ3n) is 2.70. The topological polar surface area (TPSA) is 59.3 Å². The molecule has 0 bridgehead atoms. The van der Waals surface area contributed by atoms with Crippen molar-refractivity contribution >= 4 is 32.7 Å². The molecule has 0 aliphatic rings. The van der Waals surface area contributed by atoms with Crippen LogP contribution in [0, 0.1) is 0 Å². The summed E-state index contributed by atoms with van der Waals surface area (Å²) >= 11 is 2.73. The second kappa shape index (κ2) is 5.53. The molecule has 0 unspecified atom stereocenters. The minimum Gasteiger partial charge on any atom is -0.472 e. The van der Waals surface area contributed by atoms with Crippen LogP contribution in [0.2, 0.25) is 0 Å². The lowest BCUT2D eigenvalue weighted by Gasteiger charge is -2.02. The summed E-state index contributed by atoms with van der Waals surface area (Å²) in [6.45, 7) is 0.294. The number of hydrogen-bond acceptors (Lipinski definition) is 5.